The van der Waals surface area contributed by atoms with E-state index in [4.69, 9.17) is 11.2 Å². The zero-order chi connectivity index (χ0) is 20.6. The van der Waals surface area contributed by atoms with Gasteiger partial charge in [0, 0.05) is 0 Å². The highest BCUT2D eigenvalue weighted by atomic mass is 32.2. The van der Waals surface area contributed by atoms with E-state index in [1.807, 2.05) is 0 Å². The molecule has 2 saturated heterocycles. The van der Waals surface area contributed by atoms with E-state index in [2.05, 4.69) is 16.2 Å². The van der Waals surface area contributed by atoms with Crippen LogP contribution in [0.2, 0.25) is 0 Å². The predicted molar refractivity (Wildman–Crippen MR) is 103 cm³/mol. The zero-order valence-electron chi connectivity index (χ0n) is 15.5. The van der Waals surface area contributed by atoms with Gasteiger partial charge in [-0.15, -0.1) is 11.5 Å². The second-order valence-corrected chi connectivity index (χ2v) is 9.52. The van der Waals surface area contributed by atoms with Crippen molar-refractivity contribution in [1.82, 2.24) is 15.0 Å². The van der Waals surface area contributed by atoms with Crippen LogP contribution < -0.4 is 4.90 Å². The molecule has 3 heterocycles. The maximum Gasteiger partial charge on any atom is 0.414 e. The Labute approximate surface area is 167 Å². The first kappa shape index (κ1) is 19.4. The minimum Gasteiger partial charge on any atom is -0.442 e. The van der Waals surface area contributed by atoms with Gasteiger partial charge >= 0.3 is 6.09 Å². The van der Waals surface area contributed by atoms with E-state index in [-0.39, 0.29) is 30.5 Å². The molecule has 0 aliphatic carbocycles. The number of cyclic esters (lactones) is 1. The summed E-state index contributed by atoms with van der Waals surface area (Å²) in [6, 6.07) is 4.59. The maximum atomic E-state index is 14.7. The Kier molecular flexibility index (Phi) is 5.00. The number of carbonyl (C=O) groups excluding carboxylic acids is 1. The number of sulfone groups is 1. The highest BCUT2D eigenvalue weighted by Gasteiger charge is 2.34. The third kappa shape index (κ3) is 4.10. The molecule has 2 aliphatic heterocycles. The average molecular weight is 418 g/mol. The Morgan fingerprint density at radius 3 is 2.72 bits per heavy atom. The SMILES string of the molecule is C#Cc1cn(C[C@H]2CN(c3ccc(C4CCS(=O)(=O)CC4)c(F)c3)C(=O)O2)nn1. The minimum absolute atomic E-state index is 0.0721. The fourth-order valence-electron chi connectivity index (χ4n) is 3.71. The molecule has 8 nitrogen and oxygen atoms in total. The van der Waals surface area contributed by atoms with Crippen molar-refractivity contribution in [1.29, 1.82) is 0 Å². The third-order valence-corrected chi connectivity index (χ3v) is 6.96. The Balaban J connectivity index is 1.45. The first-order valence-electron chi connectivity index (χ1n) is 9.19. The normalized spacial score (nSPS) is 21.7. The van der Waals surface area contributed by atoms with Gasteiger partial charge in [-0.25, -0.2) is 22.3 Å². The molecule has 2 aromatic rings. The van der Waals surface area contributed by atoms with Gasteiger partial charge in [0.25, 0.3) is 0 Å². The van der Waals surface area contributed by atoms with Crippen LogP contribution in [-0.2, 0) is 21.1 Å². The zero-order valence-corrected chi connectivity index (χ0v) is 16.3. The Bertz CT molecular complexity index is 1080. The van der Waals surface area contributed by atoms with Crippen molar-refractivity contribution in [3.63, 3.8) is 0 Å². The van der Waals surface area contributed by atoms with Gasteiger partial charge in [0.15, 0.2) is 5.69 Å². The first-order chi connectivity index (χ1) is 13.8. The molecule has 0 N–H and O–H groups in total. The van der Waals surface area contributed by atoms with Gasteiger partial charge in [0.05, 0.1) is 36.5 Å². The molecule has 0 saturated carbocycles. The summed E-state index contributed by atoms with van der Waals surface area (Å²) in [4.78, 5) is 13.6. The molecule has 1 aromatic heterocycles. The summed E-state index contributed by atoms with van der Waals surface area (Å²) in [6.45, 7) is 0.526. The van der Waals surface area contributed by atoms with E-state index in [0.717, 1.165) is 0 Å². The number of hydrogen-bond acceptors (Lipinski definition) is 6. The van der Waals surface area contributed by atoms with E-state index in [1.165, 1.54) is 15.6 Å². The van der Waals surface area contributed by atoms with Crippen LogP contribution in [0.25, 0.3) is 0 Å². The standard InChI is InChI=1S/C19H19FN4O4S/c1-2-14-10-23(22-21-14)11-16-12-24(19(25)28-16)15-3-4-17(18(20)9-15)13-5-7-29(26,27)8-6-13/h1,3-4,9-10,13,16H,5-8,11-12H2/t16-/m0/s1. The van der Waals surface area contributed by atoms with Crippen LogP contribution in [-0.4, -0.2) is 53.7 Å². The molecule has 0 bridgehead atoms. The number of rotatable bonds is 4. The molecule has 4 rings (SSSR count). The molecular formula is C19H19FN4O4S. The fraction of sp³-hybridized carbons (Fsp3) is 0.421. The Morgan fingerprint density at radius 2 is 2.07 bits per heavy atom. The quantitative estimate of drug-likeness (QED) is 0.702. The largest absolute Gasteiger partial charge is 0.442 e. The lowest BCUT2D eigenvalue weighted by Crippen LogP contribution is -2.26. The molecule has 152 valence electrons. The lowest BCUT2D eigenvalue weighted by atomic mass is 9.93. The molecule has 0 unspecified atom stereocenters. The number of nitrogens with zero attached hydrogens (tertiary/aromatic N) is 4. The Hall–Kier alpha value is -2.93. The molecule has 2 fully saturated rings. The lowest BCUT2D eigenvalue weighted by molar-refractivity contribution is 0.129. The molecular weight excluding hydrogens is 399 g/mol. The summed E-state index contributed by atoms with van der Waals surface area (Å²) in [5.41, 5.74) is 1.27. The summed E-state index contributed by atoms with van der Waals surface area (Å²) in [5.74, 6) is 1.93. The van der Waals surface area contributed by atoms with Gasteiger partial charge in [-0.05, 0) is 42.4 Å². The van der Waals surface area contributed by atoms with Crippen LogP contribution in [0.4, 0.5) is 14.9 Å². The summed E-state index contributed by atoms with van der Waals surface area (Å²) in [5, 5.41) is 7.66. The lowest BCUT2D eigenvalue weighted by Gasteiger charge is -2.23. The van der Waals surface area contributed by atoms with Crippen LogP contribution in [0.5, 0.6) is 0 Å². The van der Waals surface area contributed by atoms with Gasteiger partial charge < -0.3 is 4.74 Å². The van der Waals surface area contributed by atoms with Crippen molar-refractivity contribution in [3.05, 3.63) is 41.5 Å². The fourth-order valence-corrected chi connectivity index (χ4v) is 5.20. The number of ether oxygens (including phenoxy) is 1. The number of hydrogen-bond donors (Lipinski definition) is 0. The predicted octanol–water partition coefficient (Wildman–Crippen LogP) is 1.72. The molecule has 1 amide bonds. The number of carbonyl (C=O) groups is 1. The molecule has 10 heteroatoms. The van der Waals surface area contributed by atoms with E-state index in [0.29, 0.717) is 29.8 Å². The van der Waals surface area contributed by atoms with Gasteiger partial charge in [0.1, 0.15) is 21.8 Å². The van der Waals surface area contributed by atoms with Crippen LogP contribution in [0.3, 0.4) is 0 Å². The van der Waals surface area contributed by atoms with Crippen LogP contribution >= 0.6 is 0 Å². The average Bonchev–Trinajstić information content (AvgIpc) is 3.28. The third-order valence-electron chi connectivity index (χ3n) is 5.24. The van der Waals surface area contributed by atoms with Gasteiger partial charge in [-0.3, -0.25) is 4.90 Å². The number of anilines is 1. The van der Waals surface area contributed by atoms with Crippen molar-refractivity contribution in [2.75, 3.05) is 23.0 Å². The second-order valence-electron chi connectivity index (χ2n) is 7.22. The highest BCUT2D eigenvalue weighted by molar-refractivity contribution is 7.91. The molecule has 0 spiro atoms. The molecule has 2 aliphatic rings. The summed E-state index contributed by atoms with van der Waals surface area (Å²) >= 11 is 0. The van der Waals surface area contributed by atoms with Crippen molar-refractivity contribution < 1.29 is 22.3 Å². The van der Waals surface area contributed by atoms with E-state index < -0.39 is 27.9 Å². The van der Waals surface area contributed by atoms with Gasteiger partial charge in [0.2, 0.25) is 0 Å². The van der Waals surface area contributed by atoms with E-state index >= 15 is 0 Å². The second kappa shape index (κ2) is 7.48. The van der Waals surface area contributed by atoms with Gasteiger partial charge in [-0.2, -0.15) is 0 Å². The molecule has 29 heavy (non-hydrogen) atoms. The molecule has 1 aromatic carbocycles. The van der Waals surface area contributed by atoms with Crippen molar-refractivity contribution >= 4 is 21.6 Å². The van der Waals surface area contributed by atoms with E-state index in [1.54, 1.807) is 18.3 Å². The first-order valence-corrected chi connectivity index (χ1v) is 11.0. The summed E-state index contributed by atoms with van der Waals surface area (Å²) < 4.78 is 44.7. The van der Waals surface area contributed by atoms with Crippen LogP contribution in [0.15, 0.2) is 24.4 Å². The Morgan fingerprint density at radius 1 is 1.31 bits per heavy atom. The van der Waals surface area contributed by atoms with E-state index in [9.17, 15) is 17.6 Å². The smallest absolute Gasteiger partial charge is 0.414 e. The maximum absolute atomic E-state index is 14.7. The van der Waals surface area contributed by atoms with Crippen molar-refractivity contribution in [2.24, 2.45) is 0 Å². The van der Waals surface area contributed by atoms with Crippen LogP contribution in [0.1, 0.15) is 30.0 Å². The van der Waals surface area contributed by atoms with Gasteiger partial charge in [-0.1, -0.05) is 11.3 Å². The number of amides is 1. The van der Waals surface area contributed by atoms with Crippen molar-refractivity contribution in [3.8, 4) is 12.3 Å². The minimum atomic E-state index is -3.01. The summed E-state index contributed by atoms with van der Waals surface area (Å²) in [7, 11) is -3.01. The highest BCUT2D eigenvalue weighted by Crippen LogP contribution is 2.33. The number of aromatic nitrogens is 3. The monoisotopic (exact) mass is 418 g/mol. The number of benzene rings is 1. The van der Waals surface area contributed by atoms with Crippen molar-refractivity contribution in [2.45, 2.75) is 31.4 Å². The number of halogens is 1. The topological polar surface area (TPSA) is 94.4 Å². The molecule has 1 atom stereocenters. The molecule has 0 radical (unpaired) electrons. The number of terminal acetylenes is 1. The van der Waals surface area contributed by atoms with Crippen LogP contribution in [0, 0.1) is 18.2 Å². The summed E-state index contributed by atoms with van der Waals surface area (Å²) in [6.07, 6.45) is 6.61.